The van der Waals surface area contributed by atoms with Crippen molar-refractivity contribution in [3.8, 4) is 18.2 Å². The van der Waals surface area contributed by atoms with Crippen LogP contribution in [0.25, 0.3) is 10.2 Å². The van der Waals surface area contributed by atoms with Crippen LogP contribution in [0.4, 0.5) is 5.95 Å². The summed E-state index contributed by atoms with van der Waals surface area (Å²) >= 11 is 1.60. The molecule has 0 fully saturated rings. The van der Waals surface area contributed by atoms with Gasteiger partial charge in [-0.15, -0.1) is 17.8 Å². The van der Waals surface area contributed by atoms with Crippen molar-refractivity contribution in [2.75, 3.05) is 5.43 Å². The molecule has 2 aromatic heterocycles. The highest BCUT2D eigenvalue weighted by molar-refractivity contribution is 7.18. The van der Waals surface area contributed by atoms with E-state index < -0.39 is 5.60 Å². The van der Waals surface area contributed by atoms with Crippen molar-refractivity contribution in [2.45, 2.75) is 32.8 Å². The molecule has 0 aliphatic carbocycles. The van der Waals surface area contributed by atoms with Crippen LogP contribution in [0.15, 0.2) is 6.07 Å². The van der Waals surface area contributed by atoms with Gasteiger partial charge in [0.2, 0.25) is 11.8 Å². The Kier molecular flexibility index (Phi) is 3.60. The molecular weight excluding hydrogens is 260 g/mol. The summed E-state index contributed by atoms with van der Waals surface area (Å²) in [6.45, 7) is 5.71. The lowest BCUT2D eigenvalue weighted by molar-refractivity contribution is 0.167. The van der Waals surface area contributed by atoms with Crippen LogP contribution in [0.3, 0.4) is 0 Å². The number of hydrazine groups is 1. The van der Waals surface area contributed by atoms with Gasteiger partial charge in [0.05, 0.1) is 5.39 Å². The van der Waals surface area contributed by atoms with Crippen LogP contribution in [0, 0.1) is 12.3 Å². The molecule has 0 radical (unpaired) electrons. The zero-order chi connectivity index (χ0) is 14.0. The molecule has 2 aromatic rings. The largest absolute Gasteiger partial charge is 0.458 e. The normalized spacial score (nSPS) is 11.3. The molecule has 0 unspecified atom stereocenters. The molecule has 0 aliphatic rings. The van der Waals surface area contributed by atoms with Crippen molar-refractivity contribution in [1.29, 1.82) is 0 Å². The molecule has 0 aliphatic heterocycles. The second-order valence-electron chi connectivity index (χ2n) is 4.54. The number of terminal acetylenes is 1. The molecule has 100 valence electrons. The molecule has 5 nitrogen and oxygen atoms in total. The van der Waals surface area contributed by atoms with E-state index in [9.17, 15) is 0 Å². The molecule has 6 heteroatoms. The van der Waals surface area contributed by atoms with Gasteiger partial charge in [-0.2, -0.15) is 4.98 Å². The minimum absolute atomic E-state index is 0.319. The Bertz CT molecular complexity index is 642. The van der Waals surface area contributed by atoms with E-state index in [-0.39, 0.29) is 0 Å². The minimum atomic E-state index is -0.735. The molecular formula is C13H16N4OS. The Labute approximate surface area is 116 Å². The second kappa shape index (κ2) is 5.03. The van der Waals surface area contributed by atoms with Crippen molar-refractivity contribution < 1.29 is 4.74 Å². The summed E-state index contributed by atoms with van der Waals surface area (Å²) < 4.78 is 5.79. The van der Waals surface area contributed by atoms with Crippen LogP contribution in [0.5, 0.6) is 5.88 Å². The Balaban J connectivity index is 2.57. The lowest BCUT2D eigenvalue weighted by Crippen LogP contribution is -2.26. The van der Waals surface area contributed by atoms with Crippen LogP contribution in [0.2, 0.25) is 0 Å². The molecule has 0 bridgehead atoms. The molecule has 0 amide bonds. The number of fused-ring (bicyclic) bond motifs is 1. The molecule has 0 spiro atoms. The summed E-state index contributed by atoms with van der Waals surface area (Å²) in [5, 5.41) is 0.865. The number of ether oxygens (including phenoxy) is 1. The fourth-order valence-electron chi connectivity index (χ4n) is 1.53. The quantitative estimate of drug-likeness (QED) is 0.509. The number of nitrogens with zero attached hydrogens (tertiary/aromatic N) is 2. The lowest BCUT2D eigenvalue weighted by atomic mass is 10.1. The van der Waals surface area contributed by atoms with E-state index in [1.165, 1.54) is 4.88 Å². The minimum Gasteiger partial charge on any atom is -0.458 e. The SMILES string of the molecule is C#CC(C)(C)Oc1nc(NN)nc2sc(CC)cc12. The number of hydrogen-bond acceptors (Lipinski definition) is 6. The van der Waals surface area contributed by atoms with E-state index in [0.29, 0.717) is 11.8 Å². The van der Waals surface area contributed by atoms with Crippen LogP contribution < -0.4 is 16.0 Å². The smallest absolute Gasteiger partial charge is 0.241 e. The standard InChI is InChI=1S/C13H16N4OS/c1-5-8-7-9-10(18-13(3,4)6-2)15-12(17-14)16-11(9)19-8/h2,7H,5,14H2,1,3-4H3,(H,15,16,17). The Hall–Kier alpha value is -1.84. The number of rotatable bonds is 4. The highest BCUT2D eigenvalue weighted by Gasteiger charge is 2.20. The topological polar surface area (TPSA) is 73.1 Å². The molecule has 2 rings (SSSR count). The zero-order valence-corrected chi connectivity index (χ0v) is 12.0. The van der Waals surface area contributed by atoms with Crippen molar-refractivity contribution in [1.82, 2.24) is 9.97 Å². The second-order valence-corrected chi connectivity index (χ2v) is 5.65. The molecule has 0 saturated carbocycles. The van der Waals surface area contributed by atoms with Gasteiger partial charge in [0.25, 0.3) is 0 Å². The van der Waals surface area contributed by atoms with E-state index in [2.05, 4.69) is 28.2 Å². The van der Waals surface area contributed by atoms with Crippen molar-refractivity contribution in [2.24, 2.45) is 5.84 Å². The van der Waals surface area contributed by atoms with E-state index in [1.807, 2.05) is 19.9 Å². The maximum Gasteiger partial charge on any atom is 0.241 e. The van der Waals surface area contributed by atoms with E-state index in [4.69, 9.17) is 17.0 Å². The first kappa shape index (κ1) is 13.6. The van der Waals surface area contributed by atoms with E-state index >= 15 is 0 Å². The number of anilines is 1. The molecule has 2 heterocycles. The van der Waals surface area contributed by atoms with Crippen LogP contribution in [-0.4, -0.2) is 15.6 Å². The Morgan fingerprint density at radius 2 is 2.26 bits per heavy atom. The van der Waals surface area contributed by atoms with E-state index in [0.717, 1.165) is 16.6 Å². The molecule has 0 aromatic carbocycles. The number of nitrogens with two attached hydrogens (primary N) is 1. The third-order valence-corrected chi connectivity index (χ3v) is 3.76. The van der Waals surface area contributed by atoms with Gasteiger partial charge in [-0.1, -0.05) is 12.8 Å². The average molecular weight is 276 g/mol. The molecule has 19 heavy (non-hydrogen) atoms. The molecule has 0 saturated heterocycles. The predicted molar refractivity (Wildman–Crippen MR) is 78.1 cm³/mol. The number of thiophene rings is 1. The summed E-state index contributed by atoms with van der Waals surface area (Å²) in [5.41, 5.74) is 1.71. The van der Waals surface area contributed by atoms with Gasteiger partial charge in [0.1, 0.15) is 4.83 Å². The van der Waals surface area contributed by atoms with Crippen LogP contribution in [-0.2, 0) is 6.42 Å². The average Bonchev–Trinajstić information content (AvgIpc) is 2.81. The van der Waals surface area contributed by atoms with Crippen LogP contribution in [0.1, 0.15) is 25.6 Å². The summed E-state index contributed by atoms with van der Waals surface area (Å²) in [4.78, 5) is 10.6. The summed E-state index contributed by atoms with van der Waals surface area (Å²) in [5.74, 6) is 8.74. The van der Waals surface area contributed by atoms with Gasteiger partial charge in [-0.25, -0.2) is 10.8 Å². The fourth-order valence-corrected chi connectivity index (χ4v) is 2.49. The van der Waals surface area contributed by atoms with Gasteiger partial charge in [-0.3, -0.25) is 5.43 Å². The number of aromatic nitrogens is 2. The third kappa shape index (κ3) is 2.78. The van der Waals surface area contributed by atoms with Crippen molar-refractivity contribution in [3.63, 3.8) is 0 Å². The maximum atomic E-state index is 5.79. The van der Waals surface area contributed by atoms with Crippen molar-refractivity contribution >= 4 is 27.5 Å². The van der Waals surface area contributed by atoms with Gasteiger partial charge in [0, 0.05) is 4.88 Å². The summed E-state index contributed by atoms with van der Waals surface area (Å²) in [6, 6.07) is 2.03. The van der Waals surface area contributed by atoms with Crippen molar-refractivity contribution in [3.05, 3.63) is 10.9 Å². The molecule has 3 N–H and O–H groups in total. The van der Waals surface area contributed by atoms with Crippen LogP contribution >= 0.6 is 11.3 Å². The lowest BCUT2D eigenvalue weighted by Gasteiger charge is -2.19. The monoisotopic (exact) mass is 276 g/mol. The fraction of sp³-hybridized carbons (Fsp3) is 0.385. The number of nitrogen functional groups attached to an aromatic ring is 1. The van der Waals surface area contributed by atoms with Gasteiger partial charge in [-0.05, 0) is 26.3 Å². The van der Waals surface area contributed by atoms with Gasteiger partial charge in [0.15, 0.2) is 5.60 Å². The summed E-state index contributed by atoms with van der Waals surface area (Å²) in [6.07, 6.45) is 6.38. The first-order valence-corrected chi connectivity index (χ1v) is 6.74. The first-order chi connectivity index (χ1) is 8.99. The highest BCUT2D eigenvalue weighted by atomic mass is 32.1. The highest BCUT2D eigenvalue weighted by Crippen LogP contribution is 2.33. The summed E-state index contributed by atoms with van der Waals surface area (Å²) in [7, 11) is 0. The van der Waals surface area contributed by atoms with E-state index in [1.54, 1.807) is 11.3 Å². The number of nitrogens with one attached hydrogen (secondary N) is 1. The Morgan fingerprint density at radius 1 is 1.53 bits per heavy atom. The third-order valence-electron chi connectivity index (χ3n) is 2.59. The number of hydrogen-bond donors (Lipinski definition) is 2. The van der Waals surface area contributed by atoms with Gasteiger partial charge >= 0.3 is 0 Å². The number of aryl methyl sites for hydroxylation is 1. The predicted octanol–water partition coefficient (Wildman–Crippen LogP) is 2.33. The molecule has 0 atom stereocenters. The van der Waals surface area contributed by atoms with Gasteiger partial charge < -0.3 is 4.74 Å². The first-order valence-electron chi connectivity index (χ1n) is 5.93. The maximum absolute atomic E-state index is 5.79. The zero-order valence-electron chi connectivity index (χ0n) is 11.2. The Morgan fingerprint density at radius 3 is 2.84 bits per heavy atom.